The Kier molecular flexibility index (Phi) is 4.94. The molecule has 0 fully saturated rings. The summed E-state index contributed by atoms with van der Waals surface area (Å²) in [4.78, 5) is 10.1. The topological polar surface area (TPSA) is 83.5 Å². The number of carbonyl (C=O) groups is 1. The van der Waals surface area contributed by atoms with E-state index in [1.807, 2.05) is 13.8 Å². The van der Waals surface area contributed by atoms with Crippen molar-refractivity contribution < 1.29 is 18.3 Å². The lowest BCUT2D eigenvalue weighted by Crippen LogP contribution is -2.30. The molecule has 0 atom stereocenters. The van der Waals surface area contributed by atoms with Crippen LogP contribution in [0.3, 0.4) is 0 Å². The van der Waals surface area contributed by atoms with Gasteiger partial charge < -0.3 is 5.11 Å². The first-order valence-electron chi connectivity index (χ1n) is 4.02. The maximum Gasteiger partial charge on any atom is 0.304 e. The van der Waals surface area contributed by atoms with Crippen LogP contribution in [0.2, 0.25) is 0 Å². The van der Waals surface area contributed by atoms with Gasteiger partial charge in [0.15, 0.2) is 0 Å². The van der Waals surface area contributed by atoms with Crippen LogP contribution in [0.1, 0.15) is 20.3 Å². The number of rotatable bonds is 6. The molecular formula is C7H15NO4S. The summed E-state index contributed by atoms with van der Waals surface area (Å²) in [6.07, 6.45) is -0.354. The molecule has 5 nitrogen and oxygen atoms in total. The molecule has 0 saturated heterocycles. The minimum atomic E-state index is -3.40. The molecule has 0 aliphatic carbocycles. The standard InChI is InChI=1S/C7H15NO4S/c1-6(2)5-8-13(11,12)4-3-7(9)10/h6,8H,3-5H2,1-2H3,(H,9,10). The second-order valence-electron chi connectivity index (χ2n) is 3.20. The zero-order chi connectivity index (χ0) is 10.5. The minimum absolute atomic E-state index is 0.222. The van der Waals surface area contributed by atoms with Crippen LogP contribution in [0.5, 0.6) is 0 Å². The summed E-state index contributed by atoms with van der Waals surface area (Å²) in [5.41, 5.74) is 0. The first-order valence-corrected chi connectivity index (χ1v) is 5.68. The van der Waals surface area contributed by atoms with Crippen molar-refractivity contribution in [2.24, 2.45) is 5.92 Å². The average molecular weight is 209 g/mol. The van der Waals surface area contributed by atoms with Gasteiger partial charge in [-0.25, -0.2) is 13.1 Å². The highest BCUT2D eigenvalue weighted by molar-refractivity contribution is 7.89. The highest BCUT2D eigenvalue weighted by atomic mass is 32.2. The Labute approximate surface area is 78.2 Å². The van der Waals surface area contributed by atoms with Crippen LogP contribution in [0.4, 0.5) is 0 Å². The summed E-state index contributed by atoms with van der Waals surface area (Å²) >= 11 is 0. The molecule has 0 rings (SSSR count). The maximum absolute atomic E-state index is 11.1. The van der Waals surface area contributed by atoms with Gasteiger partial charge in [0.05, 0.1) is 12.2 Å². The Morgan fingerprint density at radius 3 is 2.38 bits per heavy atom. The van der Waals surface area contributed by atoms with Gasteiger partial charge in [-0.15, -0.1) is 0 Å². The Morgan fingerprint density at radius 2 is 2.00 bits per heavy atom. The van der Waals surface area contributed by atoms with Crippen molar-refractivity contribution in [3.05, 3.63) is 0 Å². The van der Waals surface area contributed by atoms with E-state index < -0.39 is 16.0 Å². The Hall–Kier alpha value is -0.620. The van der Waals surface area contributed by atoms with E-state index >= 15 is 0 Å². The predicted molar refractivity (Wildman–Crippen MR) is 48.9 cm³/mol. The van der Waals surface area contributed by atoms with E-state index in [-0.39, 0.29) is 18.1 Å². The van der Waals surface area contributed by atoms with Crippen LogP contribution in [-0.4, -0.2) is 31.8 Å². The van der Waals surface area contributed by atoms with Crippen molar-refractivity contribution in [1.82, 2.24) is 4.72 Å². The summed E-state index contributed by atoms with van der Waals surface area (Å²) in [5.74, 6) is -1.23. The summed E-state index contributed by atoms with van der Waals surface area (Å²) in [5, 5.41) is 8.26. The first kappa shape index (κ1) is 12.4. The predicted octanol–water partition coefficient (Wildman–Crippen LogP) is 0.0365. The number of carboxylic acids is 1. The Morgan fingerprint density at radius 1 is 1.46 bits per heavy atom. The van der Waals surface area contributed by atoms with Crippen LogP contribution in [-0.2, 0) is 14.8 Å². The number of hydrogen-bond acceptors (Lipinski definition) is 3. The van der Waals surface area contributed by atoms with Gasteiger partial charge in [-0.3, -0.25) is 4.79 Å². The molecule has 0 aliphatic heterocycles. The van der Waals surface area contributed by atoms with E-state index in [1.54, 1.807) is 0 Å². The zero-order valence-corrected chi connectivity index (χ0v) is 8.60. The van der Waals surface area contributed by atoms with Crippen LogP contribution < -0.4 is 4.72 Å². The highest BCUT2D eigenvalue weighted by Gasteiger charge is 2.12. The third-order valence-electron chi connectivity index (χ3n) is 1.30. The lowest BCUT2D eigenvalue weighted by atomic mass is 10.2. The Balaban J connectivity index is 3.88. The molecule has 2 N–H and O–H groups in total. The van der Waals surface area contributed by atoms with E-state index in [9.17, 15) is 13.2 Å². The van der Waals surface area contributed by atoms with Gasteiger partial charge in [-0.2, -0.15) is 0 Å². The zero-order valence-electron chi connectivity index (χ0n) is 7.78. The smallest absolute Gasteiger partial charge is 0.304 e. The van der Waals surface area contributed by atoms with Crippen molar-refractivity contribution in [2.75, 3.05) is 12.3 Å². The molecular weight excluding hydrogens is 194 g/mol. The fourth-order valence-corrected chi connectivity index (χ4v) is 1.76. The molecule has 0 heterocycles. The molecule has 0 saturated carbocycles. The average Bonchev–Trinajstić information content (AvgIpc) is 1.98. The van der Waals surface area contributed by atoms with Gasteiger partial charge in [0.1, 0.15) is 0 Å². The van der Waals surface area contributed by atoms with Crippen molar-refractivity contribution in [2.45, 2.75) is 20.3 Å². The molecule has 0 bridgehead atoms. The molecule has 0 aromatic heterocycles. The molecule has 0 unspecified atom stereocenters. The SMILES string of the molecule is CC(C)CNS(=O)(=O)CCC(=O)O. The molecule has 0 aromatic carbocycles. The van der Waals surface area contributed by atoms with Crippen molar-refractivity contribution in [3.8, 4) is 0 Å². The number of nitrogens with one attached hydrogen (secondary N) is 1. The minimum Gasteiger partial charge on any atom is -0.481 e. The third kappa shape index (κ3) is 7.73. The van der Waals surface area contributed by atoms with Gasteiger partial charge in [0, 0.05) is 6.54 Å². The molecule has 6 heteroatoms. The van der Waals surface area contributed by atoms with E-state index in [0.29, 0.717) is 6.54 Å². The quantitative estimate of drug-likeness (QED) is 0.646. The number of carboxylic acid groups (broad SMARTS) is 1. The summed E-state index contributed by atoms with van der Waals surface area (Å²) in [6, 6.07) is 0. The fraction of sp³-hybridized carbons (Fsp3) is 0.857. The van der Waals surface area contributed by atoms with Gasteiger partial charge in [-0.1, -0.05) is 13.8 Å². The van der Waals surface area contributed by atoms with E-state index in [2.05, 4.69) is 4.72 Å². The molecule has 0 aromatic rings. The third-order valence-corrected chi connectivity index (χ3v) is 2.64. The second-order valence-corrected chi connectivity index (χ2v) is 5.13. The van der Waals surface area contributed by atoms with Crippen LogP contribution in [0.15, 0.2) is 0 Å². The Bertz CT molecular complexity index is 258. The van der Waals surface area contributed by atoms with E-state index in [4.69, 9.17) is 5.11 Å². The number of hydrogen-bond donors (Lipinski definition) is 2. The van der Waals surface area contributed by atoms with E-state index in [1.165, 1.54) is 0 Å². The monoisotopic (exact) mass is 209 g/mol. The van der Waals surface area contributed by atoms with Gasteiger partial charge in [-0.05, 0) is 5.92 Å². The molecule has 13 heavy (non-hydrogen) atoms. The number of sulfonamides is 1. The molecule has 0 amide bonds. The van der Waals surface area contributed by atoms with E-state index in [0.717, 1.165) is 0 Å². The molecule has 78 valence electrons. The summed E-state index contributed by atoms with van der Waals surface area (Å²) < 4.78 is 24.5. The normalized spacial score (nSPS) is 11.9. The van der Waals surface area contributed by atoms with Gasteiger partial charge >= 0.3 is 5.97 Å². The lowest BCUT2D eigenvalue weighted by molar-refractivity contribution is -0.136. The van der Waals surface area contributed by atoms with Crippen molar-refractivity contribution in [3.63, 3.8) is 0 Å². The van der Waals surface area contributed by atoms with Crippen molar-refractivity contribution in [1.29, 1.82) is 0 Å². The van der Waals surface area contributed by atoms with Crippen LogP contribution in [0, 0.1) is 5.92 Å². The summed E-state index contributed by atoms with van der Waals surface area (Å²) in [7, 11) is -3.40. The maximum atomic E-state index is 11.1. The second kappa shape index (κ2) is 5.18. The lowest BCUT2D eigenvalue weighted by Gasteiger charge is -2.07. The first-order chi connectivity index (χ1) is 5.83. The highest BCUT2D eigenvalue weighted by Crippen LogP contribution is 1.93. The molecule has 0 spiro atoms. The summed E-state index contributed by atoms with van der Waals surface area (Å²) in [6.45, 7) is 4.10. The van der Waals surface area contributed by atoms with Gasteiger partial charge in [0.2, 0.25) is 10.0 Å². The molecule has 0 aliphatic rings. The fourth-order valence-electron chi connectivity index (χ4n) is 0.587. The largest absolute Gasteiger partial charge is 0.481 e. The molecule has 0 radical (unpaired) electrons. The number of aliphatic carboxylic acids is 1. The van der Waals surface area contributed by atoms with Gasteiger partial charge in [0.25, 0.3) is 0 Å². The van der Waals surface area contributed by atoms with Crippen LogP contribution >= 0.6 is 0 Å². The van der Waals surface area contributed by atoms with Crippen molar-refractivity contribution >= 4 is 16.0 Å². The van der Waals surface area contributed by atoms with Crippen LogP contribution in [0.25, 0.3) is 0 Å².